The first-order valence-corrected chi connectivity index (χ1v) is 17.1. The molecule has 0 amide bonds. The molecule has 4 heteroatoms. The van der Waals surface area contributed by atoms with Gasteiger partial charge in [-0.1, -0.05) is 115 Å². The Bertz CT molecular complexity index is 3310. The lowest BCUT2D eigenvalue weighted by Gasteiger charge is -2.13. The van der Waals surface area contributed by atoms with Crippen molar-refractivity contribution < 1.29 is 0 Å². The third kappa shape index (κ3) is 3.30. The zero-order valence-corrected chi connectivity index (χ0v) is 26.8. The molecule has 0 saturated heterocycles. The number of fused-ring (bicyclic) bond motifs is 5. The molecule has 0 atom stereocenters. The van der Waals surface area contributed by atoms with Crippen molar-refractivity contribution in [2.24, 2.45) is 0 Å². The van der Waals surface area contributed by atoms with E-state index < -0.39 is 0 Å². The van der Waals surface area contributed by atoms with Crippen LogP contribution in [0.1, 0.15) is 0 Å². The molecule has 0 N–H and O–H groups in total. The molecule has 230 valence electrons. The molecule has 0 saturated carbocycles. The number of hydrogen-bond acceptors (Lipinski definition) is 2. The predicted octanol–water partition coefficient (Wildman–Crippen LogP) is 11.8. The molecule has 50 heavy (non-hydrogen) atoms. The van der Waals surface area contributed by atoms with Crippen molar-refractivity contribution in [2.45, 2.75) is 0 Å². The molecule has 0 radical (unpaired) electrons. The highest BCUT2D eigenvalue weighted by Crippen LogP contribution is 2.47. The van der Waals surface area contributed by atoms with Crippen LogP contribution in [-0.4, -0.2) is 18.9 Å². The quantitative estimate of drug-likeness (QED) is 0.194. The van der Waals surface area contributed by atoms with Crippen LogP contribution in [0.15, 0.2) is 158 Å². The summed E-state index contributed by atoms with van der Waals surface area (Å²) < 4.78 is 4.96. The Labute approximate surface area is 285 Å². The molecule has 4 nitrogen and oxygen atoms in total. The van der Waals surface area contributed by atoms with Crippen LogP contribution in [0.25, 0.3) is 110 Å². The maximum atomic E-state index is 5.21. The molecular formula is C46H26N4. The molecule has 0 aliphatic heterocycles. The zero-order valence-electron chi connectivity index (χ0n) is 26.8. The van der Waals surface area contributed by atoms with Crippen LogP contribution in [0, 0.1) is 0 Å². The molecule has 8 aromatic carbocycles. The van der Waals surface area contributed by atoms with E-state index in [0.29, 0.717) is 0 Å². The lowest BCUT2D eigenvalue weighted by Crippen LogP contribution is -1.98. The predicted molar refractivity (Wildman–Crippen MR) is 208 cm³/mol. The normalized spacial score (nSPS) is 12.4. The molecule has 4 aromatic heterocycles. The zero-order chi connectivity index (χ0) is 32.5. The van der Waals surface area contributed by atoms with E-state index in [1.54, 1.807) is 0 Å². The van der Waals surface area contributed by atoms with E-state index in [4.69, 9.17) is 9.97 Å². The molecule has 12 rings (SSSR count). The first-order valence-electron chi connectivity index (χ1n) is 17.1. The highest BCUT2D eigenvalue weighted by molar-refractivity contribution is 6.37. The van der Waals surface area contributed by atoms with Crippen molar-refractivity contribution in [2.75, 3.05) is 0 Å². The first-order chi connectivity index (χ1) is 24.8. The Morgan fingerprint density at radius 3 is 1.96 bits per heavy atom. The van der Waals surface area contributed by atoms with Crippen LogP contribution in [0.2, 0.25) is 0 Å². The van der Waals surface area contributed by atoms with Gasteiger partial charge < -0.3 is 8.97 Å². The van der Waals surface area contributed by atoms with E-state index in [-0.39, 0.29) is 0 Å². The molecular weight excluding hydrogens is 609 g/mol. The Kier molecular flexibility index (Phi) is 4.94. The largest absolute Gasteiger partial charge is 0.309 e. The fourth-order valence-electron chi connectivity index (χ4n) is 8.73. The van der Waals surface area contributed by atoms with Crippen LogP contribution in [0.4, 0.5) is 0 Å². The molecule has 12 aromatic rings. The topological polar surface area (TPSA) is 35.1 Å². The summed E-state index contributed by atoms with van der Waals surface area (Å²) in [4.78, 5) is 10.3. The molecule has 4 heterocycles. The summed E-state index contributed by atoms with van der Waals surface area (Å²) in [7, 11) is 0. The maximum Gasteiger partial charge on any atom is 0.160 e. The van der Waals surface area contributed by atoms with Gasteiger partial charge in [-0.15, -0.1) is 0 Å². The minimum Gasteiger partial charge on any atom is -0.309 e. The summed E-state index contributed by atoms with van der Waals surface area (Å²) in [5, 5.41) is 11.3. The molecule has 0 unspecified atom stereocenters. The van der Waals surface area contributed by atoms with E-state index >= 15 is 0 Å². The highest BCUT2D eigenvalue weighted by Gasteiger charge is 2.24. The number of hydrogen-bond donors (Lipinski definition) is 0. The lowest BCUT2D eigenvalue weighted by molar-refractivity contribution is 1.17. The van der Waals surface area contributed by atoms with E-state index in [1.807, 2.05) is 12.1 Å². The minimum absolute atomic E-state index is 0.718. The minimum atomic E-state index is 0.718. The molecule has 0 aliphatic carbocycles. The Morgan fingerprint density at radius 2 is 1.08 bits per heavy atom. The van der Waals surface area contributed by atoms with Crippen LogP contribution in [-0.2, 0) is 0 Å². The molecule has 0 aliphatic rings. The van der Waals surface area contributed by atoms with Crippen molar-refractivity contribution in [1.82, 2.24) is 18.9 Å². The van der Waals surface area contributed by atoms with Gasteiger partial charge >= 0.3 is 0 Å². The second kappa shape index (κ2) is 9.43. The summed E-state index contributed by atoms with van der Waals surface area (Å²) in [5.74, 6) is 0.718. The van der Waals surface area contributed by atoms with Gasteiger partial charge in [-0.3, -0.25) is 0 Å². The van der Waals surface area contributed by atoms with Gasteiger partial charge in [-0.05, 0) is 53.2 Å². The number of aromatic nitrogens is 4. The van der Waals surface area contributed by atoms with Gasteiger partial charge in [0.05, 0.1) is 38.8 Å². The van der Waals surface area contributed by atoms with Gasteiger partial charge in [0.1, 0.15) is 0 Å². The second-order valence-electron chi connectivity index (χ2n) is 13.4. The Hall–Kier alpha value is -6.78. The van der Waals surface area contributed by atoms with Gasteiger partial charge in [0.25, 0.3) is 0 Å². The number of rotatable bonds is 3. The van der Waals surface area contributed by atoms with Gasteiger partial charge in [-0.25, -0.2) is 9.97 Å². The van der Waals surface area contributed by atoms with Crippen molar-refractivity contribution in [3.8, 4) is 28.3 Å². The van der Waals surface area contributed by atoms with Crippen molar-refractivity contribution in [3.05, 3.63) is 158 Å². The monoisotopic (exact) mass is 634 g/mol. The SMILES string of the molecule is c1ccc(-c2nc(-c3cccc(-n4c5ccc6cccc7c6c5c5c6c(ccc8c9ccccc9n7c86)ccc54)c3)nc3ccccc23)cc1. The van der Waals surface area contributed by atoms with Crippen LogP contribution in [0.5, 0.6) is 0 Å². The molecule has 0 bridgehead atoms. The van der Waals surface area contributed by atoms with E-state index in [9.17, 15) is 0 Å². The Balaban J connectivity index is 1.20. The standard InChI is InChI=1S/C46H26N4/c1-2-10-29(11-3-1)44-34-16-4-6-17-35(34)47-46(48-44)30-13-8-14-31(26-30)49-38-24-21-27-12-9-19-37-40(27)42(38)43-39(49)25-22-28-20-23-33-32-15-5-7-18-36(32)50(37)45(33)41(28)43/h1-26H. The Morgan fingerprint density at radius 1 is 0.400 bits per heavy atom. The highest BCUT2D eigenvalue weighted by atomic mass is 15.0. The van der Waals surface area contributed by atoms with Crippen molar-refractivity contribution in [1.29, 1.82) is 0 Å². The van der Waals surface area contributed by atoms with Crippen molar-refractivity contribution >= 4 is 81.6 Å². The summed E-state index contributed by atoms with van der Waals surface area (Å²) in [6.45, 7) is 0. The average Bonchev–Trinajstić information content (AvgIpc) is 3.66. The second-order valence-corrected chi connectivity index (χ2v) is 13.4. The smallest absolute Gasteiger partial charge is 0.160 e. The van der Waals surface area contributed by atoms with E-state index in [1.165, 1.54) is 70.7 Å². The van der Waals surface area contributed by atoms with E-state index in [0.717, 1.165) is 39.2 Å². The number of para-hydroxylation sites is 2. The lowest BCUT2D eigenvalue weighted by atomic mass is 9.98. The molecule has 0 fully saturated rings. The summed E-state index contributed by atoms with van der Waals surface area (Å²) in [6.07, 6.45) is 0. The van der Waals surface area contributed by atoms with Crippen LogP contribution >= 0.6 is 0 Å². The number of benzene rings is 8. The fraction of sp³-hybridized carbons (Fsp3) is 0. The van der Waals surface area contributed by atoms with Crippen LogP contribution in [0.3, 0.4) is 0 Å². The van der Waals surface area contributed by atoms with Gasteiger partial charge in [0.2, 0.25) is 0 Å². The average molecular weight is 635 g/mol. The van der Waals surface area contributed by atoms with E-state index in [2.05, 4.69) is 155 Å². The van der Waals surface area contributed by atoms with Gasteiger partial charge in [-0.2, -0.15) is 0 Å². The summed E-state index contributed by atoms with van der Waals surface area (Å²) in [5.41, 5.74) is 11.2. The third-order valence-corrected chi connectivity index (χ3v) is 10.8. The van der Waals surface area contributed by atoms with Gasteiger partial charge in [0, 0.05) is 54.5 Å². The molecule has 0 spiro atoms. The first kappa shape index (κ1) is 26.2. The van der Waals surface area contributed by atoms with Gasteiger partial charge in [0.15, 0.2) is 5.82 Å². The number of nitrogens with zero attached hydrogens (tertiary/aromatic N) is 4. The maximum absolute atomic E-state index is 5.21. The fourth-order valence-corrected chi connectivity index (χ4v) is 8.73. The van der Waals surface area contributed by atoms with Crippen molar-refractivity contribution in [3.63, 3.8) is 0 Å². The van der Waals surface area contributed by atoms with Crippen LogP contribution < -0.4 is 0 Å². The summed E-state index contributed by atoms with van der Waals surface area (Å²) in [6, 6.07) is 56.8. The summed E-state index contributed by atoms with van der Waals surface area (Å²) >= 11 is 0. The third-order valence-electron chi connectivity index (χ3n) is 10.8.